The Morgan fingerprint density at radius 2 is 1.87 bits per heavy atom. The molecular weight excluding hydrogens is 292 g/mol. The first-order valence-corrected chi connectivity index (χ1v) is 8.70. The first-order valence-electron chi connectivity index (χ1n) is 8.70. The van der Waals surface area contributed by atoms with Gasteiger partial charge in [-0.1, -0.05) is 52.2 Å². The molecule has 0 bridgehead atoms. The first-order chi connectivity index (χ1) is 11.0. The predicted molar refractivity (Wildman–Crippen MR) is 93.2 cm³/mol. The van der Waals surface area contributed by atoms with Gasteiger partial charge in [0.2, 0.25) is 5.91 Å². The molecular formula is C17H32N4O2. The van der Waals surface area contributed by atoms with Crippen molar-refractivity contribution in [1.29, 1.82) is 0 Å². The molecule has 1 aromatic rings. The maximum Gasteiger partial charge on any atom is 0.267 e. The van der Waals surface area contributed by atoms with Crippen LogP contribution in [0.2, 0.25) is 0 Å². The summed E-state index contributed by atoms with van der Waals surface area (Å²) in [5, 5.41) is 11.9. The lowest BCUT2D eigenvalue weighted by atomic mass is 9.86. The zero-order valence-corrected chi connectivity index (χ0v) is 15.0. The van der Waals surface area contributed by atoms with Crippen LogP contribution in [0.4, 0.5) is 0 Å². The van der Waals surface area contributed by atoms with Gasteiger partial charge in [-0.25, -0.2) is 5.10 Å². The molecule has 0 aliphatic heterocycles. The fourth-order valence-electron chi connectivity index (χ4n) is 2.39. The Kier molecular flexibility index (Phi) is 11.8. The largest absolute Gasteiger partial charge is 0.351 e. The highest BCUT2D eigenvalue weighted by molar-refractivity contribution is 5.76. The van der Waals surface area contributed by atoms with Gasteiger partial charge in [-0.05, 0) is 25.7 Å². The van der Waals surface area contributed by atoms with Gasteiger partial charge in [0, 0.05) is 18.0 Å². The van der Waals surface area contributed by atoms with Crippen LogP contribution in [-0.2, 0) is 4.79 Å². The van der Waals surface area contributed by atoms with Crippen molar-refractivity contribution < 1.29 is 4.79 Å². The molecule has 0 aliphatic rings. The van der Waals surface area contributed by atoms with E-state index in [0.717, 1.165) is 25.7 Å². The van der Waals surface area contributed by atoms with Crippen molar-refractivity contribution in [2.24, 2.45) is 0 Å². The van der Waals surface area contributed by atoms with Gasteiger partial charge < -0.3 is 5.32 Å². The minimum atomic E-state index is -0.227. The van der Waals surface area contributed by atoms with E-state index in [1.54, 1.807) is 0 Å². The molecule has 0 aromatic carbocycles. The fraction of sp³-hybridized carbons (Fsp3) is 0.765. The number of hydrogen-bond donors (Lipinski definition) is 2. The average Bonchev–Trinajstić information content (AvgIpc) is 2.55. The van der Waals surface area contributed by atoms with Crippen molar-refractivity contribution in [2.45, 2.75) is 84.6 Å². The summed E-state index contributed by atoms with van der Waals surface area (Å²) in [4.78, 5) is 21.8. The number of aromatic nitrogens is 3. The molecule has 0 fully saturated rings. The standard InChI is InChI=1S/C14H29NO.C3H3N3O/c1-5-9-10-12-14(7-3,8-4)15-13(16)11-6-2;7-3-1-2-4-6-5-3/h5-12H2,1-4H3,(H,15,16);1-2H,(H,4,5,7). The van der Waals surface area contributed by atoms with Gasteiger partial charge in [0.05, 0.1) is 6.20 Å². The molecule has 1 rings (SSSR count). The molecule has 1 heterocycles. The summed E-state index contributed by atoms with van der Waals surface area (Å²) in [6.45, 7) is 8.63. The highest BCUT2D eigenvalue weighted by atomic mass is 16.1. The van der Waals surface area contributed by atoms with E-state index in [0.29, 0.717) is 6.42 Å². The number of carbonyl (C=O) groups is 1. The summed E-state index contributed by atoms with van der Waals surface area (Å²) < 4.78 is 0. The van der Waals surface area contributed by atoms with Gasteiger partial charge in [0.25, 0.3) is 5.56 Å². The number of H-pyrrole nitrogens is 1. The molecule has 23 heavy (non-hydrogen) atoms. The van der Waals surface area contributed by atoms with Crippen molar-refractivity contribution >= 4 is 5.91 Å². The van der Waals surface area contributed by atoms with Crippen LogP contribution < -0.4 is 10.9 Å². The third-order valence-electron chi connectivity index (χ3n) is 4.00. The highest BCUT2D eigenvalue weighted by Crippen LogP contribution is 2.23. The summed E-state index contributed by atoms with van der Waals surface area (Å²) >= 11 is 0. The summed E-state index contributed by atoms with van der Waals surface area (Å²) in [5.41, 5.74) is -0.170. The van der Waals surface area contributed by atoms with Gasteiger partial charge in [-0.3, -0.25) is 9.59 Å². The molecule has 0 saturated heterocycles. The molecule has 0 atom stereocenters. The van der Waals surface area contributed by atoms with Crippen molar-refractivity contribution in [2.75, 3.05) is 0 Å². The third kappa shape index (κ3) is 9.81. The molecule has 6 nitrogen and oxygen atoms in total. The maximum absolute atomic E-state index is 11.7. The summed E-state index contributed by atoms with van der Waals surface area (Å²) in [6.07, 6.45) is 9.88. The topological polar surface area (TPSA) is 87.7 Å². The van der Waals surface area contributed by atoms with Gasteiger partial charge in [-0.2, -0.15) is 0 Å². The summed E-state index contributed by atoms with van der Waals surface area (Å²) in [5.74, 6) is 0.225. The van der Waals surface area contributed by atoms with Crippen molar-refractivity contribution in [3.8, 4) is 0 Å². The SMILES string of the molecule is CCCCCC(CC)(CC)NC(=O)CCC.O=c1ccnn[nH]1. The lowest BCUT2D eigenvalue weighted by molar-refractivity contribution is -0.123. The second-order valence-corrected chi connectivity index (χ2v) is 5.75. The second-order valence-electron chi connectivity index (χ2n) is 5.75. The Bertz CT molecular complexity index is 452. The Hall–Kier alpha value is -1.72. The lowest BCUT2D eigenvalue weighted by Crippen LogP contribution is -2.47. The molecule has 2 N–H and O–H groups in total. The monoisotopic (exact) mass is 324 g/mol. The summed E-state index contributed by atoms with van der Waals surface area (Å²) in [7, 11) is 0. The number of nitrogens with one attached hydrogen (secondary N) is 2. The highest BCUT2D eigenvalue weighted by Gasteiger charge is 2.26. The molecule has 6 heteroatoms. The number of unbranched alkanes of at least 4 members (excludes halogenated alkanes) is 2. The third-order valence-corrected chi connectivity index (χ3v) is 4.00. The zero-order valence-electron chi connectivity index (χ0n) is 15.0. The van der Waals surface area contributed by atoms with Crippen LogP contribution in [0.5, 0.6) is 0 Å². The molecule has 1 amide bonds. The maximum atomic E-state index is 11.7. The van der Waals surface area contributed by atoms with Gasteiger partial charge in [-0.15, -0.1) is 5.10 Å². The number of hydrogen-bond acceptors (Lipinski definition) is 4. The number of amides is 1. The van der Waals surface area contributed by atoms with Crippen LogP contribution in [0.25, 0.3) is 0 Å². The van der Waals surface area contributed by atoms with E-state index in [1.807, 2.05) is 0 Å². The minimum absolute atomic E-state index is 0.0570. The predicted octanol–water partition coefficient (Wildman–Crippen LogP) is 3.21. The van der Waals surface area contributed by atoms with Crippen LogP contribution >= 0.6 is 0 Å². The Balaban J connectivity index is 0.000000568. The Morgan fingerprint density at radius 3 is 2.26 bits per heavy atom. The number of carbonyl (C=O) groups excluding carboxylic acids is 1. The van der Waals surface area contributed by atoms with Crippen LogP contribution in [0, 0.1) is 0 Å². The van der Waals surface area contributed by atoms with E-state index in [-0.39, 0.29) is 17.0 Å². The fourth-order valence-corrected chi connectivity index (χ4v) is 2.39. The van der Waals surface area contributed by atoms with E-state index >= 15 is 0 Å². The average molecular weight is 324 g/mol. The van der Waals surface area contributed by atoms with Crippen molar-refractivity contribution in [3.63, 3.8) is 0 Å². The molecule has 0 aliphatic carbocycles. The molecule has 1 aromatic heterocycles. The molecule has 0 spiro atoms. The van der Waals surface area contributed by atoms with Gasteiger partial charge >= 0.3 is 0 Å². The van der Waals surface area contributed by atoms with Crippen LogP contribution in [0.1, 0.15) is 79.1 Å². The van der Waals surface area contributed by atoms with Gasteiger partial charge in [0.15, 0.2) is 0 Å². The number of rotatable bonds is 9. The van der Waals surface area contributed by atoms with E-state index in [4.69, 9.17) is 0 Å². The number of nitrogens with zero attached hydrogens (tertiary/aromatic N) is 2. The molecule has 0 unspecified atom stereocenters. The number of aromatic amines is 1. The quantitative estimate of drug-likeness (QED) is 0.683. The van der Waals surface area contributed by atoms with Crippen molar-refractivity contribution in [1.82, 2.24) is 20.7 Å². The van der Waals surface area contributed by atoms with E-state index in [2.05, 4.69) is 48.4 Å². The van der Waals surface area contributed by atoms with Crippen LogP contribution in [0.15, 0.2) is 17.1 Å². The smallest absolute Gasteiger partial charge is 0.267 e. The minimum Gasteiger partial charge on any atom is -0.351 e. The van der Waals surface area contributed by atoms with E-state index in [9.17, 15) is 9.59 Å². The first kappa shape index (κ1) is 21.3. The summed E-state index contributed by atoms with van der Waals surface area (Å²) in [6, 6.07) is 1.30. The zero-order chi connectivity index (χ0) is 17.6. The Morgan fingerprint density at radius 1 is 1.17 bits per heavy atom. The van der Waals surface area contributed by atoms with Gasteiger partial charge in [0.1, 0.15) is 0 Å². The molecule has 0 radical (unpaired) electrons. The molecule has 132 valence electrons. The Labute approximate surface area is 139 Å². The van der Waals surface area contributed by atoms with Crippen molar-refractivity contribution in [3.05, 3.63) is 22.6 Å². The lowest BCUT2D eigenvalue weighted by Gasteiger charge is -2.33. The molecule has 0 saturated carbocycles. The van der Waals surface area contributed by atoms with E-state index in [1.165, 1.54) is 31.5 Å². The second kappa shape index (κ2) is 12.8. The van der Waals surface area contributed by atoms with Crippen LogP contribution in [-0.4, -0.2) is 26.9 Å². The van der Waals surface area contributed by atoms with E-state index < -0.39 is 0 Å². The van der Waals surface area contributed by atoms with Crippen LogP contribution in [0.3, 0.4) is 0 Å². The normalized spacial score (nSPS) is 10.6.